The van der Waals surface area contributed by atoms with E-state index < -0.39 is 0 Å². The normalized spacial score (nSPS) is 25.6. The molecule has 1 saturated carbocycles. The molecular weight excluding hydrogens is 202 g/mol. The standard InChI is InChI=1S/C13H19NO2/c15-11-7-5-10(6-8-11)9-14-12-3-1-2-4-13(12)16/h5-8,12-16H,1-4,9H2/t12-,13-/m0/s1. The second-order valence-electron chi connectivity index (χ2n) is 4.51. The second-order valence-corrected chi connectivity index (χ2v) is 4.51. The second kappa shape index (κ2) is 5.32. The van der Waals surface area contributed by atoms with E-state index in [1.807, 2.05) is 12.1 Å². The molecule has 0 saturated heterocycles. The molecule has 1 aromatic rings. The minimum Gasteiger partial charge on any atom is -0.508 e. The van der Waals surface area contributed by atoms with Gasteiger partial charge in [0.05, 0.1) is 6.10 Å². The highest BCUT2D eigenvalue weighted by atomic mass is 16.3. The SMILES string of the molecule is Oc1ccc(CN[C@H]2CCCC[C@@H]2O)cc1. The Morgan fingerprint density at radius 1 is 1.12 bits per heavy atom. The van der Waals surface area contributed by atoms with Gasteiger partial charge in [-0.05, 0) is 30.5 Å². The number of rotatable bonds is 3. The van der Waals surface area contributed by atoms with Crippen LogP contribution in [0.2, 0.25) is 0 Å². The highest BCUT2D eigenvalue weighted by Gasteiger charge is 2.21. The molecule has 0 unspecified atom stereocenters. The van der Waals surface area contributed by atoms with Gasteiger partial charge in [0.25, 0.3) is 0 Å². The van der Waals surface area contributed by atoms with E-state index in [-0.39, 0.29) is 12.1 Å². The Bertz CT molecular complexity index is 323. The van der Waals surface area contributed by atoms with Gasteiger partial charge in [-0.25, -0.2) is 0 Å². The number of phenols is 1. The van der Waals surface area contributed by atoms with Crippen molar-refractivity contribution in [1.82, 2.24) is 5.32 Å². The molecule has 0 amide bonds. The Kier molecular flexibility index (Phi) is 3.80. The molecule has 0 radical (unpaired) electrons. The van der Waals surface area contributed by atoms with E-state index in [4.69, 9.17) is 5.11 Å². The molecule has 3 N–H and O–H groups in total. The number of aliphatic hydroxyl groups is 1. The van der Waals surface area contributed by atoms with Gasteiger partial charge < -0.3 is 15.5 Å². The van der Waals surface area contributed by atoms with Gasteiger partial charge in [0.1, 0.15) is 5.75 Å². The zero-order valence-corrected chi connectivity index (χ0v) is 9.39. The van der Waals surface area contributed by atoms with Crippen LogP contribution < -0.4 is 5.32 Å². The lowest BCUT2D eigenvalue weighted by Gasteiger charge is -2.28. The maximum absolute atomic E-state index is 9.79. The molecule has 3 nitrogen and oxygen atoms in total. The summed E-state index contributed by atoms with van der Waals surface area (Å²) < 4.78 is 0. The molecule has 0 aromatic heterocycles. The number of phenolic OH excluding ortho intramolecular Hbond substituents is 1. The molecule has 2 atom stereocenters. The van der Waals surface area contributed by atoms with Crippen molar-refractivity contribution in [1.29, 1.82) is 0 Å². The molecule has 2 rings (SSSR count). The van der Waals surface area contributed by atoms with E-state index in [0.29, 0.717) is 5.75 Å². The van der Waals surface area contributed by atoms with Crippen LogP contribution in [0.1, 0.15) is 31.2 Å². The molecule has 1 aliphatic rings. The summed E-state index contributed by atoms with van der Waals surface area (Å²) in [5.41, 5.74) is 1.13. The van der Waals surface area contributed by atoms with Gasteiger partial charge in [-0.1, -0.05) is 25.0 Å². The van der Waals surface area contributed by atoms with E-state index in [0.717, 1.165) is 31.4 Å². The summed E-state index contributed by atoms with van der Waals surface area (Å²) in [5.74, 6) is 0.293. The minimum absolute atomic E-state index is 0.203. The first kappa shape index (κ1) is 11.4. The van der Waals surface area contributed by atoms with Crippen LogP contribution in [0.4, 0.5) is 0 Å². The quantitative estimate of drug-likeness (QED) is 0.729. The van der Waals surface area contributed by atoms with Crippen molar-refractivity contribution in [3.8, 4) is 5.75 Å². The van der Waals surface area contributed by atoms with Crippen molar-refractivity contribution < 1.29 is 10.2 Å². The predicted molar refractivity (Wildman–Crippen MR) is 63.2 cm³/mol. The summed E-state index contributed by atoms with van der Waals surface area (Å²) in [6, 6.07) is 7.40. The lowest BCUT2D eigenvalue weighted by molar-refractivity contribution is 0.0902. The molecule has 0 heterocycles. The van der Waals surface area contributed by atoms with Crippen LogP contribution >= 0.6 is 0 Å². The minimum atomic E-state index is -0.203. The highest BCUT2D eigenvalue weighted by molar-refractivity contribution is 5.25. The Morgan fingerprint density at radius 3 is 2.50 bits per heavy atom. The van der Waals surface area contributed by atoms with E-state index in [1.54, 1.807) is 12.1 Å². The van der Waals surface area contributed by atoms with Gasteiger partial charge >= 0.3 is 0 Å². The highest BCUT2D eigenvalue weighted by Crippen LogP contribution is 2.19. The van der Waals surface area contributed by atoms with E-state index in [2.05, 4.69) is 5.32 Å². The van der Waals surface area contributed by atoms with E-state index in [1.165, 1.54) is 6.42 Å². The Morgan fingerprint density at radius 2 is 1.81 bits per heavy atom. The third-order valence-corrected chi connectivity index (χ3v) is 3.23. The van der Waals surface area contributed by atoms with Crippen LogP contribution in [0, 0.1) is 0 Å². The Hall–Kier alpha value is -1.06. The van der Waals surface area contributed by atoms with Crippen LogP contribution in [-0.2, 0) is 6.54 Å². The molecule has 0 spiro atoms. The molecule has 0 aliphatic heterocycles. The maximum Gasteiger partial charge on any atom is 0.115 e. The lowest BCUT2D eigenvalue weighted by atomic mass is 9.92. The molecule has 3 heteroatoms. The Labute approximate surface area is 96.1 Å². The average molecular weight is 221 g/mol. The van der Waals surface area contributed by atoms with Gasteiger partial charge in [-0.15, -0.1) is 0 Å². The number of benzene rings is 1. The van der Waals surface area contributed by atoms with Gasteiger partial charge in [0.2, 0.25) is 0 Å². The zero-order chi connectivity index (χ0) is 11.4. The van der Waals surface area contributed by atoms with Crippen molar-refractivity contribution in [3.63, 3.8) is 0 Å². The number of hydrogen-bond donors (Lipinski definition) is 3. The summed E-state index contributed by atoms with van der Waals surface area (Å²) in [7, 11) is 0. The fraction of sp³-hybridized carbons (Fsp3) is 0.538. The third kappa shape index (κ3) is 2.97. The van der Waals surface area contributed by atoms with Crippen LogP contribution in [0.5, 0.6) is 5.75 Å². The summed E-state index contributed by atoms with van der Waals surface area (Å²) in [5, 5.41) is 22.3. The van der Waals surface area contributed by atoms with E-state index in [9.17, 15) is 5.11 Å². The summed E-state index contributed by atoms with van der Waals surface area (Å²) in [6.45, 7) is 0.752. The van der Waals surface area contributed by atoms with Gasteiger partial charge in [0, 0.05) is 12.6 Å². The first-order valence-corrected chi connectivity index (χ1v) is 5.95. The number of aromatic hydroxyl groups is 1. The van der Waals surface area contributed by atoms with Crippen LogP contribution in [-0.4, -0.2) is 22.4 Å². The molecule has 1 aliphatic carbocycles. The van der Waals surface area contributed by atoms with Crippen molar-refractivity contribution in [2.45, 2.75) is 44.4 Å². The summed E-state index contributed by atoms with van der Waals surface area (Å²) in [6.07, 6.45) is 4.10. The van der Waals surface area contributed by atoms with Gasteiger partial charge in [-0.3, -0.25) is 0 Å². The molecule has 1 aromatic carbocycles. The molecule has 88 valence electrons. The molecule has 1 fully saturated rings. The molecule has 16 heavy (non-hydrogen) atoms. The Balaban J connectivity index is 1.84. The van der Waals surface area contributed by atoms with Gasteiger partial charge in [0.15, 0.2) is 0 Å². The van der Waals surface area contributed by atoms with Crippen LogP contribution in [0.3, 0.4) is 0 Å². The smallest absolute Gasteiger partial charge is 0.115 e. The van der Waals surface area contributed by atoms with Gasteiger partial charge in [-0.2, -0.15) is 0 Å². The zero-order valence-electron chi connectivity index (χ0n) is 9.39. The molecule has 0 bridgehead atoms. The third-order valence-electron chi connectivity index (χ3n) is 3.23. The van der Waals surface area contributed by atoms with Crippen molar-refractivity contribution in [2.75, 3.05) is 0 Å². The average Bonchev–Trinajstić information content (AvgIpc) is 2.30. The first-order valence-electron chi connectivity index (χ1n) is 5.95. The molecular formula is C13H19NO2. The van der Waals surface area contributed by atoms with E-state index >= 15 is 0 Å². The number of aliphatic hydroxyl groups excluding tert-OH is 1. The fourth-order valence-corrected chi connectivity index (χ4v) is 2.21. The number of nitrogens with one attached hydrogen (secondary N) is 1. The van der Waals surface area contributed by atoms with Crippen LogP contribution in [0.25, 0.3) is 0 Å². The predicted octanol–water partition coefficient (Wildman–Crippen LogP) is 1.79. The van der Waals surface area contributed by atoms with Crippen LogP contribution in [0.15, 0.2) is 24.3 Å². The topological polar surface area (TPSA) is 52.5 Å². The van der Waals surface area contributed by atoms with Crippen molar-refractivity contribution in [2.24, 2.45) is 0 Å². The van der Waals surface area contributed by atoms with Crippen molar-refractivity contribution >= 4 is 0 Å². The fourth-order valence-electron chi connectivity index (χ4n) is 2.21. The largest absolute Gasteiger partial charge is 0.508 e. The summed E-state index contributed by atoms with van der Waals surface area (Å²) >= 11 is 0. The lowest BCUT2D eigenvalue weighted by Crippen LogP contribution is -2.41. The maximum atomic E-state index is 9.79. The first-order chi connectivity index (χ1) is 7.75. The number of hydrogen-bond acceptors (Lipinski definition) is 3. The summed E-state index contributed by atoms with van der Waals surface area (Å²) in [4.78, 5) is 0. The van der Waals surface area contributed by atoms with Crippen molar-refractivity contribution in [3.05, 3.63) is 29.8 Å². The monoisotopic (exact) mass is 221 g/mol.